The standard InChI is InChI=1S/C14H14N4/c1-11(12-7-3-2-4-8-12)16-18-14-10-6-5-9-13(14)15-17-18/h2-11,16H,1H3. The van der Waals surface area contributed by atoms with Gasteiger partial charge >= 0.3 is 0 Å². The van der Waals surface area contributed by atoms with Gasteiger partial charge in [-0.05, 0) is 29.8 Å². The van der Waals surface area contributed by atoms with Crippen LogP contribution in [0, 0.1) is 0 Å². The molecule has 90 valence electrons. The molecule has 0 saturated carbocycles. The van der Waals surface area contributed by atoms with Crippen molar-refractivity contribution in [2.75, 3.05) is 5.43 Å². The Morgan fingerprint density at radius 3 is 2.56 bits per heavy atom. The summed E-state index contributed by atoms with van der Waals surface area (Å²) >= 11 is 0. The fourth-order valence-corrected chi connectivity index (χ4v) is 1.96. The SMILES string of the molecule is CC(Nn1nnc2ccccc21)c1ccccc1. The third kappa shape index (κ3) is 1.93. The lowest BCUT2D eigenvalue weighted by Crippen LogP contribution is -2.19. The lowest BCUT2D eigenvalue weighted by Gasteiger charge is -2.15. The highest BCUT2D eigenvalue weighted by Crippen LogP contribution is 2.14. The molecule has 1 heterocycles. The van der Waals surface area contributed by atoms with Gasteiger partial charge in [-0.3, -0.25) is 0 Å². The molecule has 0 spiro atoms. The maximum Gasteiger partial charge on any atom is 0.115 e. The lowest BCUT2D eigenvalue weighted by atomic mass is 10.1. The second-order valence-corrected chi connectivity index (χ2v) is 4.25. The van der Waals surface area contributed by atoms with Crippen molar-refractivity contribution < 1.29 is 0 Å². The van der Waals surface area contributed by atoms with Gasteiger partial charge in [-0.2, -0.15) is 4.79 Å². The number of para-hydroxylation sites is 1. The maximum atomic E-state index is 4.12. The van der Waals surface area contributed by atoms with Crippen LogP contribution >= 0.6 is 0 Å². The molecule has 0 amide bonds. The second-order valence-electron chi connectivity index (χ2n) is 4.25. The summed E-state index contributed by atoms with van der Waals surface area (Å²) in [6, 6.07) is 18.3. The van der Waals surface area contributed by atoms with E-state index >= 15 is 0 Å². The van der Waals surface area contributed by atoms with E-state index in [0.717, 1.165) is 11.0 Å². The predicted octanol–water partition coefficient (Wildman–Crippen LogP) is 2.74. The van der Waals surface area contributed by atoms with E-state index in [0.29, 0.717) is 0 Å². The average molecular weight is 238 g/mol. The number of aromatic nitrogens is 3. The lowest BCUT2D eigenvalue weighted by molar-refractivity contribution is 0.649. The summed E-state index contributed by atoms with van der Waals surface area (Å²) in [5.41, 5.74) is 6.42. The van der Waals surface area contributed by atoms with Gasteiger partial charge in [0.2, 0.25) is 0 Å². The first-order valence-electron chi connectivity index (χ1n) is 5.96. The van der Waals surface area contributed by atoms with Crippen LogP contribution in [0.25, 0.3) is 11.0 Å². The van der Waals surface area contributed by atoms with Crippen LogP contribution in [-0.4, -0.2) is 15.1 Å². The molecule has 2 aromatic carbocycles. The van der Waals surface area contributed by atoms with Crippen molar-refractivity contribution in [3.63, 3.8) is 0 Å². The van der Waals surface area contributed by atoms with Crippen molar-refractivity contribution in [2.24, 2.45) is 0 Å². The van der Waals surface area contributed by atoms with E-state index in [1.54, 1.807) is 4.79 Å². The molecule has 1 unspecified atom stereocenters. The van der Waals surface area contributed by atoms with Gasteiger partial charge in [0.1, 0.15) is 11.0 Å². The number of benzene rings is 2. The highest BCUT2D eigenvalue weighted by Gasteiger charge is 2.07. The Labute approximate surface area is 105 Å². The first-order valence-corrected chi connectivity index (χ1v) is 5.96. The van der Waals surface area contributed by atoms with Crippen molar-refractivity contribution in [3.8, 4) is 0 Å². The Morgan fingerprint density at radius 2 is 1.72 bits per heavy atom. The summed E-state index contributed by atoms with van der Waals surface area (Å²) in [5, 5.41) is 8.23. The van der Waals surface area contributed by atoms with Gasteiger partial charge in [0, 0.05) is 0 Å². The van der Waals surface area contributed by atoms with E-state index in [4.69, 9.17) is 0 Å². The van der Waals surface area contributed by atoms with E-state index < -0.39 is 0 Å². The number of hydrogen-bond acceptors (Lipinski definition) is 3. The molecule has 3 rings (SSSR count). The molecule has 0 fully saturated rings. The van der Waals surface area contributed by atoms with E-state index in [-0.39, 0.29) is 6.04 Å². The van der Waals surface area contributed by atoms with Crippen LogP contribution in [0.2, 0.25) is 0 Å². The molecule has 3 aromatic rings. The average Bonchev–Trinajstić information content (AvgIpc) is 2.83. The van der Waals surface area contributed by atoms with Crippen LogP contribution in [0.15, 0.2) is 54.6 Å². The minimum atomic E-state index is 0.177. The third-order valence-electron chi connectivity index (χ3n) is 2.97. The number of rotatable bonds is 3. The van der Waals surface area contributed by atoms with Crippen molar-refractivity contribution in [3.05, 3.63) is 60.2 Å². The van der Waals surface area contributed by atoms with Crippen molar-refractivity contribution in [1.29, 1.82) is 0 Å². The monoisotopic (exact) mass is 238 g/mol. The Balaban J connectivity index is 1.89. The Kier molecular flexibility index (Phi) is 2.68. The normalized spacial score (nSPS) is 12.5. The number of hydrogen-bond donors (Lipinski definition) is 1. The molecule has 0 saturated heterocycles. The molecule has 0 aliphatic rings. The molecule has 1 aromatic heterocycles. The smallest absolute Gasteiger partial charge is 0.115 e. The minimum absolute atomic E-state index is 0.177. The summed E-state index contributed by atoms with van der Waals surface area (Å²) in [5.74, 6) is 0. The molecule has 4 heteroatoms. The zero-order chi connectivity index (χ0) is 12.4. The topological polar surface area (TPSA) is 42.7 Å². The van der Waals surface area contributed by atoms with Gasteiger partial charge < -0.3 is 5.43 Å². The number of nitrogens with zero attached hydrogens (tertiary/aromatic N) is 3. The Hall–Kier alpha value is -2.36. The van der Waals surface area contributed by atoms with E-state index in [2.05, 4.69) is 34.8 Å². The number of nitrogens with one attached hydrogen (secondary N) is 1. The second kappa shape index (κ2) is 4.49. The summed E-state index contributed by atoms with van der Waals surface area (Å²) in [6.45, 7) is 2.10. The fraction of sp³-hybridized carbons (Fsp3) is 0.143. The van der Waals surface area contributed by atoms with E-state index in [1.165, 1.54) is 5.56 Å². The highest BCUT2D eigenvalue weighted by molar-refractivity contribution is 5.74. The van der Waals surface area contributed by atoms with Crippen LogP contribution in [0.4, 0.5) is 0 Å². The predicted molar refractivity (Wildman–Crippen MR) is 71.7 cm³/mol. The van der Waals surface area contributed by atoms with Crippen molar-refractivity contribution in [1.82, 2.24) is 15.1 Å². The Morgan fingerprint density at radius 1 is 1.00 bits per heavy atom. The zero-order valence-electron chi connectivity index (χ0n) is 10.1. The van der Waals surface area contributed by atoms with Crippen molar-refractivity contribution in [2.45, 2.75) is 13.0 Å². The molecule has 0 aliphatic carbocycles. The van der Waals surface area contributed by atoms with E-state index in [9.17, 15) is 0 Å². The molecule has 0 bridgehead atoms. The fourth-order valence-electron chi connectivity index (χ4n) is 1.96. The van der Waals surface area contributed by atoms with Crippen LogP contribution in [0.1, 0.15) is 18.5 Å². The first-order chi connectivity index (χ1) is 8.84. The molecular formula is C14H14N4. The molecule has 1 N–H and O–H groups in total. The van der Waals surface area contributed by atoms with Crippen LogP contribution < -0.4 is 5.43 Å². The summed E-state index contributed by atoms with van der Waals surface area (Å²) in [4.78, 5) is 1.73. The van der Waals surface area contributed by atoms with Gasteiger partial charge in [0.25, 0.3) is 0 Å². The molecule has 1 atom stereocenters. The van der Waals surface area contributed by atoms with Gasteiger partial charge in [-0.25, -0.2) is 0 Å². The first kappa shape index (κ1) is 10.8. The van der Waals surface area contributed by atoms with Gasteiger partial charge in [0.05, 0.1) is 6.04 Å². The Bertz CT molecular complexity index is 645. The molecule has 0 aliphatic heterocycles. The molecule has 18 heavy (non-hydrogen) atoms. The molecular weight excluding hydrogens is 224 g/mol. The molecule has 4 nitrogen and oxygen atoms in total. The van der Waals surface area contributed by atoms with Crippen LogP contribution in [-0.2, 0) is 0 Å². The summed E-state index contributed by atoms with van der Waals surface area (Å²) < 4.78 is 0. The van der Waals surface area contributed by atoms with Gasteiger partial charge in [0.15, 0.2) is 0 Å². The van der Waals surface area contributed by atoms with Crippen LogP contribution in [0.3, 0.4) is 0 Å². The maximum absolute atomic E-state index is 4.12. The third-order valence-corrected chi connectivity index (χ3v) is 2.97. The zero-order valence-corrected chi connectivity index (χ0v) is 10.1. The molecule has 0 radical (unpaired) electrons. The summed E-state index contributed by atoms with van der Waals surface area (Å²) in [6.07, 6.45) is 0. The number of fused-ring (bicyclic) bond motifs is 1. The largest absolute Gasteiger partial charge is 0.301 e. The van der Waals surface area contributed by atoms with E-state index in [1.807, 2.05) is 42.5 Å². The summed E-state index contributed by atoms with van der Waals surface area (Å²) in [7, 11) is 0. The minimum Gasteiger partial charge on any atom is -0.301 e. The quantitative estimate of drug-likeness (QED) is 0.763. The van der Waals surface area contributed by atoms with Gasteiger partial charge in [-0.1, -0.05) is 42.5 Å². The van der Waals surface area contributed by atoms with Gasteiger partial charge in [-0.15, -0.1) is 5.10 Å². The van der Waals surface area contributed by atoms with Crippen molar-refractivity contribution >= 4 is 11.0 Å². The van der Waals surface area contributed by atoms with Crippen LogP contribution in [0.5, 0.6) is 0 Å². The highest BCUT2D eigenvalue weighted by atomic mass is 15.6.